The quantitative estimate of drug-likeness (QED) is 0.518. The molecule has 7 nitrogen and oxygen atoms in total. The predicted octanol–water partition coefficient (Wildman–Crippen LogP) is 2.47. The van der Waals surface area contributed by atoms with Gasteiger partial charge in [-0.05, 0) is 37.6 Å². The van der Waals surface area contributed by atoms with E-state index in [2.05, 4.69) is 49.9 Å². The van der Waals surface area contributed by atoms with Gasteiger partial charge in [0, 0.05) is 56.6 Å². The van der Waals surface area contributed by atoms with Gasteiger partial charge in [0.1, 0.15) is 0 Å². The van der Waals surface area contributed by atoms with Crippen LogP contribution in [0.3, 0.4) is 0 Å². The van der Waals surface area contributed by atoms with E-state index in [4.69, 9.17) is 4.74 Å². The molecule has 2 N–H and O–H groups in total. The van der Waals surface area contributed by atoms with Gasteiger partial charge in [-0.2, -0.15) is 0 Å². The topological polar surface area (TPSA) is 69.2 Å². The third-order valence-corrected chi connectivity index (χ3v) is 7.79. The molecule has 0 spiro atoms. The zero-order valence-electron chi connectivity index (χ0n) is 18.9. The van der Waals surface area contributed by atoms with Gasteiger partial charge in [-0.3, -0.25) is 14.7 Å². The molecule has 31 heavy (non-hydrogen) atoms. The van der Waals surface area contributed by atoms with E-state index in [-0.39, 0.29) is 18.1 Å². The lowest BCUT2D eigenvalue weighted by Crippen LogP contribution is -2.50. The average molecular weight is 448 g/mol. The molecular formula is C23H37N5O2S. The number of morpholine rings is 1. The van der Waals surface area contributed by atoms with Crippen molar-refractivity contribution >= 4 is 23.2 Å². The highest BCUT2D eigenvalue weighted by atomic mass is 32.1. The Kier molecular flexibility index (Phi) is 7.85. The zero-order valence-corrected chi connectivity index (χ0v) is 19.7. The minimum absolute atomic E-state index is 0.260. The van der Waals surface area contributed by atoms with Crippen molar-refractivity contribution < 1.29 is 9.53 Å². The molecule has 1 aromatic rings. The predicted molar refractivity (Wildman–Crippen MR) is 125 cm³/mol. The Morgan fingerprint density at radius 3 is 2.84 bits per heavy atom. The molecule has 3 fully saturated rings. The van der Waals surface area contributed by atoms with Crippen molar-refractivity contribution in [2.75, 3.05) is 46.4 Å². The minimum Gasteiger partial charge on any atom is -0.376 e. The number of nitrogens with one attached hydrogen (secondary N) is 2. The van der Waals surface area contributed by atoms with Gasteiger partial charge in [0.05, 0.1) is 18.8 Å². The van der Waals surface area contributed by atoms with Gasteiger partial charge in [0.15, 0.2) is 5.96 Å². The summed E-state index contributed by atoms with van der Waals surface area (Å²) in [5.41, 5.74) is 0. The molecule has 1 saturated carbocycles. The van der Waals surface area contributed by atoms with Crippen LogP contribution in [0.25, 0.3) is 0 Å². The molecule has 0 bridgehead atoms. The van der Waals surface area contributed by atoms with E-state index in [1.165, 1.54) is 17.7 Å². The molecule has 3 atom stereocenters. The summed E-state index contributed by atoms with van der Waals surface area (Å²) in [5, 5.41) is 9.26. The Morgan fingerprint density at radius 1 is 1.29 bits per heavy atom. The van der Waals surface area contributed by atoms with Crippen LogP contribution in [0.1, 0.15) is 49.9 Å². The standard InChI is InChI=1S/C23H37N5O2S/c1-17-15-27(11-12-30-17)20(21-8-5-13-31-21)14-25-23(24-2)26-19-9-10-28(16-19)22(29)18-6-3-4-7-18/h5,8,13,17-20H,3-4,6-7,9-12,14-16H2,1-2H3,(H2,24,25,26). The molecule has 8 heteroatoms. The number of rotatable bonds is 6. The van der Waals surface area contributed by atoms with Gasteiger partial charge in [-0.15, -0.1) is 11.3 Å². The SMILES string of the molecule is CN=C(NCC(c1cccs1)N1CCOC(C)C1)NC1CCN(C(=O)C2CCCC2)C1. The lowest BCUT2D eigenvalue weighted by Gasteiger charge is -2.37. The summed E-state index contributed by atoms with van der Waals surface area (Å²) < 4.78 is 5.75. The summed E-state index contributed by atoms with van der Waals surface area (Å²) in [7, 11) is 1.82. The first kappa shape index (κ1) is 22.6. The second kappa shape index (κ2) is 10.8. The van der Waals surface area contributed by atoms with Crippen LogP contribution < -0.4 is 10.6 Å². The largest absolute Gasteiger partial charge is 0.376 e. The number of guanidine groups is 1. The summed E-state index contributed by atoms with van der Waals surface area (Å²) in [6, 6.07) is 4.91. The number of nitrogens with zero attached hydrogens (tertiary/aromatic N) is 3. The van der Waals surface area contributed by atoms with E-state index in [1.54, 1.807) is 11.3 Å². The Hall–Kier alpha value is -1.64. The summed E-state index contributed by atoms with van der Waals surface area (Å²) >= 11 is 1.81. The first-order chi connectivity index (χ1) is 15.1. The number of thiophene rings is 1. The maximum atomic E-state index is 12.7. The number of carbonyl (C=O) groups excluding carboxylic acids is 1. The van der Waals surface area contributed by atoms with Crippen LogP contribution in [-0.2, 0) is 9.53 Å². The van der Waals surface area contributed by atoms with Crippen LogP contribution in [0, 0.1) is 5.92 Å². The number of carbonyl (C=O) groups is 1. The van der Waals surface area contributed by atoms with Crippen LogP contribution in [0.2, 0.25) is 0 Å². The first-order valence-corrected chi connectivity index (χ1v) is 12.7. The number of aliphatic imine (C=N–C) groups is 1. The van der Waals surface area contributed by atoms with E-state index in [0.717, 1.165) is 64.6 Å². The van der Waals surface area contributed by atoms with Crippen molar-refractivity contribution in [2.45, 2.75) is 57.2 Å². The normalized spacial score (nSPS) is 26.9. The van der Waals surface area contributed by atoms with Crippen molar-refractivity contribution in [3.8, 4) is 0 Å². The highest BCUT2D eigenvalue weighted by Gasteiger charge is 2.33. The molecule has 3 heterocycles. The van der Waals surface area contributed by atoms with E-state index in [9.17, 15) is 4.79 Å². The van der Waals surface area contributed by atoms with E-state index in [0.29, 0.717) is 11.9 Å². The van der Waals surface area contributed by atoms with Crippen molar-refractivity contribution in [3.05, 3.63) is 22.4 Å². The van der Waals surface area contributed by atoms with Crippen molar-refractivity contribution in [1.82, 2.24) is 20.4 Å². The number of ether oxygens (including phenoxy) is 1. The Morgan fingerprint density at radius 2 is 2.13 bits per heavy atom. The van der Waals surface area contributed by atoms with Crippen molar-refractivity contribution in [3.63, 3.8) is 0 Å². The Bertz CT molecular complexity index is 734. The van der Waals surface area contributed by atoms with E-state index >= 15 is 0 Å². The summed E-state index contributed by atoms with van der Waals surface area (Å²) in [6.45, 7) is 7.25. The van der Waals surface area contributed by atoms with Crippen LogP contribution in [0.15, 0.2) is 22.5 Å². The van der Waals surface area contributed by atoms with E-state index < -0.39 is 0 Å². The molecule has 2 aliphatic heterocycles. The lowest BCUT2D eigenvalue weighted by molar-refractivity contribution is -0.134. The maximum absolute atomic E-state index is 12.7. The summed E-state index contributed by atoms with van der Waals surface area (Å²) in [4.78, 5) is 23.1. The van der Waals surface area contributed by atoms with Crippen LogP contribution >= 0.6 is 11.3 Å². The van der Waals surface area contributed by atoms with Gasteiger partial charge in [0.2, 0.25) is 5.91 Å². The van der Waals surface area contributed by atoms with Gasteiger partial charge in [-0.1, -0.05) is 18.9 Å². The molecule has 1 aliphatic carbocycles. The number of hydrogen-bond acceptors (Lipinski definition) is 5. The first-order valence-electron chi connectivity index (χ1n) is 11.8. The number of amides is 1. The van der Waals surface area contributed by atoms with Gasteiger partial charge >= 0.3 is 0 Å². The molecule has 172 valence electrons. The highest BCUT2D eigenvalue weighted by Crippen LogP contribution is 2.28. The molecule has 1 aromatic heterocycles. The van der Waals surface area contributed by atoms with Crippen molar-refractivity contribution in [1.29, 1.82) is 0 Å². The fourth-order valence-corrected chi connectivity index (χ4v) is 5.97. The van der Waals surface area contributed by atoms with Crippen molar-refractivity contribution in [2.24, 2.45) is 10.9 Å². The van der Waals surface area contributed by atoms with Gasteiger partial charge < -0.3 is 20.3 Å². The molecule has 4 rings (SSSR count). The second-order valence-electron chi connectivity index (χ2n) is 9.06. The zero-order chi connectivity index (χ0) is 21.6. The number of hydrogen-bond donors (Lipinski definition) is 2. The average Bonchev–Trinajstić information content (AvgIpc) is 3.55. The lowest BCUT2D eigenvalue weighted by atomic mass is 10.1. The van der Waals surface area contributed by atoms with Gasteiger partial charge in [0.25, 0.3) is 0 Å². The molecule has 0 radical (unpaired) electrons. The fraction of sp³-hybridized carbons (Fsp3) is 0.739. The minimum atomic E-state index is 0.260. The Balaban J connectivity index is 1.30. The molecular weight excluding hydrogens is 410 g/mol. The van der Waals surface area contributed by atoms with Crippen LogP contribution in [0.5, 0.6) is 0 Å². The second-order valence-corrected chi connectivity index (χ2v) is 10.0. The molecule has 3 aliphatic rings. The number of likely N-dealkylation sites (tertiary alicyclic amines) is 1. The highest BCUT2D eigenvalue weighted by molar-refractivity contribution is 7.10. The molecule has 3 unspecified atom stereocenters. The van der Waals surface area contributed by atoms with Crippen LogP contribution in [-0.4, -0.2) is 80.2 Å². The third-order valence-electron chi connectivity index (χ3n) is 6.82. The fourth-order valence-electron chi connectivity index (χ4n) is 5.11. The van der Waals surface area contributed by atoms with Crippen LogP contribution in [0.4, 0.5) is 0 Å². The smallest absolute Gasteiger partial charge is 0.225 e. The molecule has 2 saturated heterocycles. The summed E-state index contributed by atoms with van der Waals surface area (Å²) in [6.07, 6.45) is 5.79. The monoisotopic (exact) mass is 447 g/mol. The third kappa shape index (κ3) is 5.79. The molecule has 1 amide bonds. The van der Waals surface area contributed by atoms with Gasteiger partial charge in [-0.25, -0.2) is 0 Å². The Labute approximate surface area is 190 Å². The summed E-state index contributed by atoms with van der Waals surface area (Å²) in [5.74, 6) is 1.45. The van der Waals surface area contributed by atoms with E-state index in [1.807, 2.05) is 7.05 Å². The molecule has 0 aromatic carbocycles. The maximum Gasteiger partial charge on any atom is 0.225 e.